The molecule has 0 unspecified atom stereocenters. The van der Waals surface area contributed by atoms with Crippen LogP contribution in [0.2, 0.25) is 0 Å². The summed E-state index contributed by atoms with van der Waals surface area (Å²) >= 11 is 0. The molecule has 7 heterocycles. The lowest BCUT2D eigenvalue weighted by Crippen LogP contribution is -2.44. The summed E-state index contributed by atoms with van der Waals surface area (Å²) in [5, 5.41) is 23.5. The quantitative estimate of drug-likeness (QED) is 0.264. The number of aromatic amines is 1. The molecule has 3 saturated heterocycles. The molecule has 256 valence electrons. The van der Waals surface area contributed by atoms with Crippen molar-refractivity contribution in [3.8, 4) is 17.3 Å². The Morgan fingerprint density at radius 1 is 1.19 bits per heavy atom. The third kappa shape index (κ3) is 4.82. The lowest BCUT2D eigenvalue weighted by molar-refractivity contribution is -0.137. The Labute approximate surface area is 272 Å². The predicted molar refractivity (Wildman–Crippen MR) is 170 cm³/mol. The lowest BCUT2D eigenvalue weighted by atomic mass is 9.95. The van der Waals surface area contributed by atoms with E-state index >= 15 is 0 Å². The molecule has 3 fully saturated rings. The number of anilines is 1. The first-order chi connectivity index (χ1) is 22.8. The number of nitrogens with one attached hydrogen (secondary N) is 1. The van der Waals surface area contributed by atoms with Crippen LogP contribution in [0, 0.1) is 6.92 Å². The fourth-order valence-corrected chi connectivity index (χ4v) is 8.22. The SMILES string of the molecule is Cc1cc2[nH]ncc2c(-c2nn(C)c3c4c(N5CCOC[C@@](C)(O)C5)nc(OC[C@@]56CCCN5C[C@H](F)C6)nc4n(C)c23)c1C(F)(F)F. The van der Waals surface area contributed by atoms with Crippen LogP contribution in [0.1, 0.15) is 37.3 Å². The molecule has 16 heteroatoms. The Balaban J connectivity index is 1.36. The number of hydrogen-bond donors (Lipinski definition) is 2. The molecule has 5 aromatic rings. The third-order valence-electron chi connectivity index (χ3n) is 10.2. The topological polar surface area (TPSA) is 122 Å². The number of ether oxygens (including phenoxy) is 2. The number of rotatable bonds is 5. The molecule has 3 aliphatic rings. The van der Waals surface area contributed by atoms with Crippen molar-refractivity contribution >= 4 is 38.8 Å². The van der Waals surface area contributed by atoms with E-state index in [0.29, 0.717) is 59.5 Å². The highest BCUT2D eigenvalue weighted by Gasteiger charge is 2.49. The van der Waals surface area contributed by atoms with Crippen molar-refractivity contribution in [3.63, 3.8) is 0 Å². The molecular weight excluding hydrogens is 634 g/mol. The number of β-amino-alcohol motifs (C(OH)–C–C–N with tert-alkyl or cyclic N) is 1. The average molecular weight is 672 g/mol. The lowest BCUT2D eigenvalue weighted by Gasteiger charge is -2.31. The monoisotopic (exact) mass is 671 g/mol. The van der Waals surface area contributed by atoms with E-state index in [-0.39, 0.29) is 48.0 Å². The predicted octanol–water partition coefficient (Wildman–Crippen LogP) is 4.27. The van der Waals surface area contributed by atoms with Crippen LogP contribution in [0.3, 0.4) is 0 Å². The average Bonchev–Trinajstić information content (AvgIpc) is 3.79. The van der Waals surface area contributed by atoms with E-state index in [1.165, 1.54) is 19.2 Å². The van der Waals surface area contributed by atoms with Gasteiger partial charge in [-0.25, -0.2) is 4.39 Å². The van der Waals surface area contributed by atoms with Crippen LogP contribution in [0.4, 0.5) is 23.4 Å². The van der Waals surface area contributed by atoms with E-state index in [0.717, 1.165) is 19.4 Å². The highest BCUT2D eigenvalue weighted by molar-refractivity contribution is 6.15. The van der Waals surface area contributed by atoms with E-state index in [1.807, 2.05) is 4.90 Å². The number of halogens is 4. The van der Waals surface area contributed by atoms with Crippen molar-refractivity contribution in [2.24, 2.45) is 14.1 Å². The van der Waals surface area contributed by atoms with Gasteiger partial charge in [0.1, 0.15) is 29.9 Å². The number of aryl methyl sites for hydroxylation is 3. The number of fused-ring (bicyclic) bond motifs is 5. The number of aliphatic hydroxyl groups is 1. The van der Waals surface area contributed by atoms with Gasteiger partial charge in [-0.15, -0.1) is 0 Å². The van der Waals surface area contributed by atoms with Crippen LogP contribution in [-0.4, -0.2) is 108 Å². The maximum absolute atomic E-state index is 14.8. The fraction of sp³-hybridized carbons (Fsp3) is 0.562. The van der Waals surface area contributed by atoms with Gasteiger partial charge in [-0.05, 0) is 44.9 Å². The third-order valence-corrected chi connectivity index (χ3v) is 10.2. The zero-order valence-electron chi connectivity index (χ0n) is 27.2. The zero-order valence-corrected chi connectivity index (χ0v) is 27.2. The summed E-state index contributed by atoms with van der Waals surface area (Å²) < 4.78 is 74.1. The zero-order chi connectivity index (χ0) is 33.7. The van der Waals surface area contributed by atoms with Crippen LogP contribution >= 0.6 is 0 Å². The second-order valence-electron chi connectivity index (χ2n) is 13.9. The van der Waals surface area contributed by atoms with E-state index in [2.05, 4.69) is 15.1 Å². The first-order valence-electron chi connectivity index (χ1n) is 16.1. The molecule has 48 heavy (non-hydrogen) atoms. The number of aromatic nitrogens is 7. The summed E-state index contributed by atoms with van der Waals surface area (Å²) in [6.07, 6.45) is -2.09. The number of H-pyrrole nitrogens is 1. The summed E-state index contributed by atoms with van der Waals surface area (Å²) in [4.78, 5) is 13.7. The summed E-state index contributed by atoms with van der Waals surface area (Å²) in [6, 6.07) is 1.51. The van der Waals surface area contributed by atoms with Crippen molar-refractivity contribution in [2.75, 3.05) is 50.9 Å². The van der Waals surface area contributed by atoms with Crippen LogP contribution < -0.4 is 9.64 Å². The highest BCUT2D eigenvalue weighted by atomic mass is 19.4. The van der Waals surface area contributed by atoms with Gasteiger partial charge in [-0.2, -0.15) is 33.3 Å². The first kappa shape index (κ1) is 31.3. The van der Waals surface area contributed by atoms with Gasteiger partial charge < -0.3 is 24.0 Å². The summed E-state index contributed by atoms with van der Waals surface area (Å²) in [5.41, 5.74) is -0.535. The first-order valence-corrected chi connectivity index (χ1v) is 16.1. The highest BCUT2D eigenvalue weighted by Crippen LogP contribution is 2.47. The van der Waals surface area contributed by atoms with Gasteiger partial charge in [0.25, 0.3) is 0 Å². The van der Waals surface area contributed by atoms with Crippen molar-refractivity contribution in [1.82, 2.24) is 39.4 Å². The molecule has 0 saturated carbocycles. The summed E-state index contributed by atoms with van der Waals surface area (Å²) in [6.45, 7) is 5.48. The summed E-state index contributed by atoms with van der Waals surface area (Å²) in [5.74, 6) is 0.435. The normalized spacial score (nSPS) is 25.5. The Hall–Kier alpha value is -4.02. The Morgan fingerprint density at radius 2 is 2.00 bits per heavy atom. The molecule has 12 nitrogen and oxygen atoms in total. The van der Waals surface area contributed by atoms with Crippen LogP contribution in [0.15, 0.2) is 12.3 Å². The Kier molecular flexibility index (Phi) is 6.99. The Morgan fingerprint density at radius 3 is 2.79 bits per heavy atom. The van der Waals surface area contributed by atoms with Crippen molar-refractivity contribution < 1.29 is 32.1 Å². The maximum atomic E-state index is 14.8. The number of hydrogen-bond acceptors (Lipinski definition) is 9. The van der Waals surface area contributed by atoms with Gasteiger partial charge in [0.05, 0.1) is 59.0 Å². The number of nitrogens with zero attached hydrogens (tertiary/aromatic N) is 8. The van der Waals surface area contributed by atoms with E-state index in [9.17, 15) is 22.7 Å². The molecule has 0 aliphatic carbocycles. The largest absolute Gasteiger partial charge is 0.461 e. The molecule has 1 aromatic carbocycles. The van der Waals surface area contributed by atoms with Gasteiger partial charge in [0.15, 0.2) is 5.65 Å². The molecular formula is C32H37F4N9O3. The Bertz CT molecular complexity index is 2070. The van der Waals surface area contributed by atoms with Crippen LogP contribution in [0.5, 0.6) is 6.01 Å². The van der Waals surface area contributed by atoms with Crippen molar-refractivity contribution in [2.45, 2.75) is 56.6 Å². The standard InChI is InChI=1S/C32H37F4N9O3/c1-17-10-20-19(12-37-40-20)21(23(17)32(34,35)36)24-26-25(43(4)41-24)22-27(42(26)3)38-29(39-28(22)44-8-9-47-15-30(2,46)14-44)48-16-31-6-5-7-45(31)13-18(33)11-31/h10,12,18,46H,5-9,11,13-16H2,1-4H3,(H,37,40)/t18-,30+,31+/m1/s1. The van der Waals surface area contributed by atoms with Crippen molar-refractivity contribution in [3.05, 3.63) is 23.4 Å². The second kappa shape index (κ2) is 10.7. The maximum Gasteiger partial charge on any atom is 0.417 e. The molecule has 0 bridgehead atoms. The van der Waals surface area contributed by atoms with E-state index in [1.54, 1.807) is 30.3 Å². The minimum Gasteiger partial charge on any atom is -0.461 e. The minimum absolute atomic E-state index is 0.0394. The van der Waals surface area contributed by atoms with Gasteiger partial charge in [0, 0.05) is 44.6 Å². The van der Waals surface area contributed by atoms with Gasteiger partial charge in [-0.1, -0.05) is 0 Å². The fourth-order valence-electron chi connectivity index (χ4n) is 8.22. The van der Waals surface area contributed by atoms with Crippen molar-refractivity contribution in [1.29, 1.82) is 0 Å². The van der Waals surface area contributed by atoms with Crippen LogP contribution in [-0.2, 0) is 25.0 Å². The van der Waals surface area contributed by atoms with E-state index in [4.69, 9.17) is 24.5 Å². The van der Waals surface area contributed by atoms with Gasteiger partial charge >= 0.3 is 12.2 Å². The molecule has 4 aromatic heterocycles. The molecule has 2 N–H and O–H groups in total. The molecule has 3 atom stereocenters. The minimum atomic E-state index is -4.67. The van der Waals surface area contributed by atoms with E-state index < -0.39 is 29.1 Å². The number of alkyl halides is 4. The van der Waals surface area contributed by atoms with Gasteiger partial charge in [0.2, 0.25) is 0 Å². The molecule has 0 radical (unpaired) electrons. The summed E-state index contributed by atoms with van der Waals surface area (Å²) in [7, 11) is 3.41. The number of benzene rings is 1. The van der Waals surface area contributed by atoms with Crippen LogP contribution in [0.25, 0.3) is 44.2 Å². The molecule has 8 rings (SSSR count). The molecule has 0 amide bonds. The molecule has 3 aliphatic heterocycles. The second-order valence-corrected chi connectivity index (χ2v) is 13.9. The smallest absolute Gasteiger partial charge is 0.417 e. The van der Waals surface area contributed by atoms with Gasteiger partial charge in [-0.3, -0.25) is 14.7 Å². The molecule has 0 spiro atoms.